The highest BCUT2D eigenvalue weighted by atomic mass is 14.3. The van der Waals surface area contributed by atoms with Crippen LogP contribution in [0.5, 0.6) is 0 Å². The van der Waals surface area contributed by atoms with Crippen molar-refractivity contribution in [2.24, 2.45) is 0 Å². The molecule has 0 aromatic rings. The van der Waals surface area contributed by atoms with E-state index in [1.54, 1.807) is 0 Å². The number of unbranched alkanes of at least 4 members (excludes halogenated alkanes) is 3. The molecule has 1 heteroatoms. The molecule has 0 spiro atoms. The number of rotatable bonds is 6. The number of hydrogen-bond donors (Lipinski definition) is 0. The van der Waals surface area contributed by atoms with E-state index in [9.17, 15) is 0 Å². The Morgan fingerprint density at radius 1 is 1.06 bits per heavy atom. The van der Waals surface area contributed by atoms with Crippen LogP contribution in [0.25, 0.3) is 0 Å². The van der Waals surface area contributed by atoms with Crippen molar-refractivity contribution in [2.45, 2.75) is 95.5 Å². The quantitative estimate of drug-likeness (QED) is 0.301. The van der Waals surface area contributed by atoms with Gasteiger partial charge in [0, 0.05) is 0 Å². The van der Waals surface area contributed by atoms with E-state index in [1.807, 2.05) is 0 Å². The molecule has 0 aromatic heterocycles. The molecule has 18 heavy (non-hydrogen) atoms. The summed E-state index contributed by atoms with van der Waals surface area (Å²) in [6.07, 6.45) is 19.6. The first-order valence-corrected chi connectivity index (χ1v) is 8.49. The van der Waals surface area contributed by atoms with Gasteiger partial charge in [0.1, 0.15) is 0 Å². The van der Waals surface area contributed by atoms with E-state index in [4.69, 9.17) is 0 Å². The van der Waals surface area contributed by atoms with Crippen LogP contribution in [-0.2, 0) is 0 Å². The van der Waals surface area contributed by atoms with Crippen LogP contribution in [0, 0.1) is 0 Å². The van der Waals surface area contributed by atoms with Crippen molar-refractivity contribution in [2.75, 3.05) is 0 Å². The molecule has 2 heterocycles. The summed E-state index contributed by atoms with van der Waals surface area (Å²) in [5.74, 6) is 2.96. The van der Waals surface area contributed by atoms with E-state index in [0.717, 1.165) is 24.2 Å². The fourth-order valence-electron chi connectivity index (χ4n) is 4.54. The summed E-state index contributed by atoms with van der Waals surface area (Å²) < 4.78 is 0. The largest absolute Gasteiger partial charge is 0.153 e. The summed E-state index contributed by atoms with van der Waals surface area (Å²) >= 11 is 0. The van der Waals surface area contributed by atoms with E-state index in [1.165, 1.54) is 64.2 Å². The molecular formula is C17H31B. The highest BCUT2D eigenvalue weighted by molar-refractivity contribution is 6.64. The lowest BCUT2D eigenvalue weighted by atomic mass is 9.22. The fourth-order valence-corrected chi connectivity index (χ4v) is 4.54. The Labute approximate surface area is 115 Å². The molecule has 2 aliphatic heterocycles. The minimum atomic E-state index is 0.835. The third-order valence-corrected chi connectivity index (χ3v) is 5.41. The van der Waals surface area contributed by atoms with Gasteiger partial charge < -0.3 is 0 Å². The predicted octanol–water partition coefficient (Wildman–Crippen LogP) is 6.12. The number of hydrogen-bond acceptors (Lipinski definition) is 0. The maximum atomic E-state index is 2.55. The zero-order chi connectivity index (χ0) is 12.8. The van der Waals surface area contributed by atoms with Crippen LogP contribution in [0.1, 0.15) is 78.1 Å². The average Bonchev–Trinajstić information content (AvgIpc) is 2.37. The van der Waals surface area contributed by atoms with Crippen LogP contribution >= 0.6 is 0 Å². The molecule has 0 nitrogen and oxygen atoms in total. The summed E-state index contributed by atoms with van der Waals surface area (Å²) in [5.41, 5.74) is 0. The second kappa shape index (κ2) is 7.41. The Morgan fingerprint density at radius 3 is 2.22 bits per heavy atom. The first kappa shape index (κ1) is 14.2. The van der Waals surface area contributed by atoms with Gasteiger partial charge in [-0.25, -0.2) is 0 Å². The van der Waals surface area contributed by atoms with Crippen LogP contribution in [0.3, 0.4) is 0 Å². The van der Waals surface area contributed by atoms with Crippen LogP contribution in [0.4, 0.5) is 0 Å². The molecule has 2 saturated heterocycles. The van der Waals surface area contributed by atoms with Crippen LogP contribution in [-0.4, -0.2) is 6.71 Å². The molecule has 2 aliphatic rings. The SMILES string of the molecule is CCCCC/C=C/C(C)B1C2CCCC1CCC2. The molecule has 0 aromatic carbocycles. The Balaban J connectivity index is 1.81. The van der Waals surface area contributed by atoms with Gasteiger partial charge in [-0.15, -0.1) is 0 Å². The van der Waals surface area contributed by atoms with Gasteiger partial charge in [-0.05, 0) is 18.7 Å². The Bertz CT molecular complexity index is 236. The minimum absolute atomic E-state index is 0.835. The van der Waals surface area contributed by atoms with Crippen molar-refractivity contribution in [3.05, 3.63) is 12.2 Å². The summed E-state index contributed by atoms with van der Waals surface area (Å²) in [4.78, 5) is 0. The van der Waals surface area contributed by atoms with Gasteiger partial charge in [0.2, 0.25) is 0 Å². The molecule has 0 aliphatic carbocycles. The van der Waals surface area contributed by atoms with Crippen molar-refractivity contribution in [1.29, 1.82) is 0 Å². The maximum absolute atomic E-state index is 2.55. The van der Waals surface area contributed by atoms with Crippen LogP contribution in [0.15, 0.2) is 12.2 Å². The molecule has 0 radical (unpaired) electrons. The fraction of sp³-hybridized carbons (Fsp3) is 0.882. The van der Waals surface area contributed by atoms with Crippen molar-refractivity contribution in [1.82, 2.24) is 0 Å². The van der Waals surface area contributed by atoms with Crippen molar-refractivity contribution < 1.29 is 0 Å². The zero-order valence-electron chi connectivity index (χ0n) is 12.5. The van der Waals surface area contributed by atoms with Crippen molar-refractivity contribution >= 4 is 6.71 Å². The van der Waals surface area contributed by atoms with Gasteiger partial charge in [-0.3, -0.25) is 0 Å². The van der Waals surface area contributed by atoms with E-state index < -0.39 is 0 Å². The van der Waals surface area contributed by atoms with Gasteiger partial charge >= 0.3 is 0 Å². The zero-order valence-corrected chi connectivity index (χ0v) is 12.5. The van der Waals surface area contributed by atoms with Gasteiger partial charge in [0.15, 0.2) is 6.71 Å². The second-order valence-corrected chi connectivity index (χ2v) is 6.74. The molecule has 0 amide bonds. The second-order valence-electron chi connectivity index (χ2n) is 6.74. The lowest BCUT2D eigenvalue weighted by Crippen LogP contribution is -2.37. The first-order chi connectivity index (χ1) is 8.83. The normalized spacial score (nSPS) is 29.8. The van der Waals surface area contributed by atoms with E-state index in [0.29, 0.717) is 0 Å². The molecule has 0 saturated carbocycles. The van der Waals surface area contributed by atoms with Crippen LogP contribution < -0.4 is 0 Å². The standard InChI is InChI=1S/C17H31B/c1-3-4-5-6-7-10-15(2)18-16-11-8-12-17(18)14-9-13-16/h7,10,15-17H,3-6,8-9,11-14H2,1-2H3/b10-7+. The lowest BCUT2D eigenvalue weighted by Gasteiger charge is -2.42. The maximum Gasteiger partial charge on any atom is 0.153 e. The lowest BCUT2D eigenvalue weighted by molar-refractivity contribution is 0.438. The van der Waals surface area contributed by atoms with Crippen molar-refractivity contribution in [3.63, 3.8) is 0 Å². The molecule has 1 atom stereocenters. The highest BCUT2D eigenvalue weighted by Crippen LogP contribution is 2.50. The van der Waals surface area contributed by atoms with Gasteiger partial charge in [0.05, 0.1) is 0 Å². The molecular weight excluding hydrogens is 215 g/mol. The summed E-state index contributed by atoms with van der Waals surface area (Å²) in [6, 6.07) is 0. The average molecular weight is 246 g/mol. The molecule has 0 N–H and O–H groups in total. The Kier molecular flexibility index (Phi) is 5.85. The molecule has 102 valence electrons. The van der Waals surface area contributed by atoms with E-state index in [-0.39, 0.29) is 0 Å². The number of allylic oxidation sites excluding steroid dienone is 2. The van der Waals surface area contributed by atoms with Gasteiger partial charge in [0.25, 0.3) is 0 Å². The molecule has 2 fully saturated rings. The summed E-state index contributed by atoms with van der Waals surface area (Å²) in [6.45, 7) is 5.79. The van der Waals surface area contributed by atoms with Crippen LogP contribution in [0.2, 0.25) is 17.5 Å². The molecule has 1 unspecified atom stereocenters. The molecule has 2 rings (SSSR count). The van der Waals surface area contributed by atoms with Crippen molar-refractivity contribution in [3.8, 4) is 0 Å². The monoisotopic (exact) mass is 246 g/mol. The molecule has 2 bridgehead atoms. The predicted molar refractivity (Wildman–Crippen MR) is 83.7 cm³/mol. The topological polar surface area (TPSA) is 0 Å². The van der Waals surface area contributed by atoms with E-state index in [2.05, 4.69) is 26.0 Å². The van der Waals surface area contributed by atoms with Gasteiger partial charge in [-0.1, -0.05) is 89.0 Å². The third-order valence-electron chi connectivity index (χ3n) is 5.41. The number of fused-ring (bicyclic) bond motifs is 2. The summed E-state index contributed by atoms with van der Waals surface area (Å²) in [5, 5.41) is 0. The Morgan fingerprint density at radius 2 is 1.67 bits per heavy atom. The third kappa shape index (κ3) is 3.65. The summed E-state index contributed by atoms with van der Waals surface area (Å²) in [7, 11) is 0. The van der Waals surface area contributed by atoms with Gasteiger partial charge in [-0.2, -0.15) is 0 Å². The first-order valence-electron chi connectivity index (χ1n) is 8.49. The highest BCUT2D eigenvalue weighted by Gasteiger charge is 2.40. The minimum Gasteiger partial charge on any atom is -0.0929 e. The van der Waals surface area contributed by atoms with E-state index >= 15 is 0 Å². The Hall–Kier alpha value is -0.195. The smallest absolute Gasteiger partial charge is 0.0929 e.